The topological polar surface area (TPSA) is 43.4 Å². The molecule has 0 N–H and O–H groups in total. The van der Waals surface area contributed by atoms with Crippen LogP contribution in [0.15, 0.2) is 12.2 Å². The van der Waals surface area contributed by atoms with E-state index < -0.39 is 0 Å². The molecule has 0 aromatic carbocycles. The summed E-state index contributed by atoms with van der Waals surface area (Å²) in [6, 6.07) is 0. The van der Waals surface area contributed by atoms with Crippen LogP contribution in [0.3, 0.4) is 0 Å². The number of unbranched alkanes of at least 4 members (excludes halogenated alkanes) is 2. The van der Waals surface area contributed by atoms with E-state index in [1.807, 2.05) is 0 Å². The van der Waals surface area contributed by atoms with E-state index >= 15 is 0 Å². The fraction of sp³-hybridized carbons (Fsp3) is 0.667. The SMILES string of the molecule is C=C(C)C(=O)OCCCCCP=O. The number of ether oxygens (including phenoxy) is 1. The Balaban J connectivity index is 3.21. The minimum absolute atomic E-state index is 0.194. The highest BCUT2D eigenvalue weighted by Gasteiger charge is 2.01. The second kappa shape index (κ2) is 7.93. The van der Waals surface area contributed by atoms with E-state index in [1.165, 1.54) is 0 Å². The summed E-state index contributed by atoms with van der Waals surface area (Å²) in [6.45, 7) is 5.52. The van der Waals surface area contributed by atoms with Gasteiger partial charge >= 0.3 is 5.97 Å². The van der Waals surface area contributed by atoms with Crippen LogP contribution in [-0.4, -0.2) is 18.7 Å². The van der Waals surface area contributed by atoms with Crippen LogP contribution in [0.2, 0.25) is 0 Å². The monoisotopic (exact) mass is 202 g/mol. The van der Waals surface area contributed by atoms with Crippen LogP contribution in [0, 0.1) is 0 Å². The van der Waals surface area contributed by atoms with Gasteiger partial charge in [-0.3, -0.25) is 4.57 Å². The van der Waals surface area contributed by atoms with Gasteiger partial charge in [-0.15, -0.1) is 0 Å². The summed E-state index contributed by atoms with van der Waals surface area (Å²) in [4.78, 5) is 10.9. The normalized spacial score (nSPS) is 9.92. The summed E-state index contributed by atoms with van der Waals surface area (Å²) in [5.74, 6) is -0.332. The molecule has 0 spiro atoms. The average Bonchev–Trinajstić information content (AvgIpc) is 2.10. The molecular weight excluding hydrogens is 187 g/mol. The van der Waals surface area contributed by atoms with Gasteiger partial charge in [-0.2, -0.15) is 0 Å². The molecule has 0 aliphatic carbocycles. The molecule has 0 saturated heterocycles. The molecule has 0 aliphatic rings. The zero-order valence-corrected chi connectivity index (χ0v) is 8.81. The summed E-state index contributed by atoms with van der Waals surface area (Å²) < 4.78 is 14.9. The van der Waals surface area contributed by atoms with Crippen LogP contribution in [-0.2, 0) is 14.1 Å². The molecule has 0 unspecified atom stereocenters. The van der Waals surface area contributed by atoms with Crippen molar-refractivity contribution in [1.82, 2.24) is 0 Å². The Morgan fingerprint density at radius 3 is 2.62 bits per heavy atom. The van der Waals surface area contributed by atoms with E-state index in [2.05, 4.69) is 6.58 Å². The number of carbonyl (C=O) groups excluding carboxylic acids is 1. The molecule has 0 fully saturated rings. The first-order chi connectivity index (χ1) is 6.18. The zero-order chi connectivity index (χ0) is 10.1. The third kappa shape index (κ3) is 7.66. The Bertz CT molecular complexity index is 189. The Hall–Kier alpha value is -0.690. The molecule has 0 radical (unpaired) electrons. The van der Waals surface area contributed by atoms with Crippen LogP contribution >= 0.6 is 8.46 Å². The maximum absolute atomic E-state index is 10.9. The molecule has 0 aromatic rings. The van der Waals surface area contributed by atoms with Gasteiger partial charge in [0, 0.05) is 11.7 Å². The first-order valence-electron chi connectivity index (χ1n) is 4.30. The van der Waals surface area contributed by atoms with Crippen LogP contribution in [0.4, 0.5) is 0 Å². The van der Waals surface area contributed by atoms with Gasteiger partial charge in [0.1, 0.15) is 0 Å². The van der Waals surface area contributed by atoms with E-state index in [0.717, 1.165) is 19.3 Å². The number of hydrogen-bond donors (Lipinski definition) is 0. The summed E-state index contributed by atoms with van der Waals surface area (Å²) in [5.41, 5.74) is 0.429. The first-order valence-corrected chi connectivity index (χ1v) is 5.30. The molecule has 0 heterocycles. The van der Waals surface area contributed by atoms with Crippen LogP contribution < -0.4 is 0 Å². The summed E-state index contributed by atoms with van der Waals surface area (Å²) in [7, 11) is 0.194. The lowest BCUT2D eigenvalue weighted by Gasteiger charge is -2.02. The third-order valence-corrected chi connectivity index (χ3v) is 1.97. The number of hydrogen-bond acceptors (Lipinski definition) is 3. The van der Waals surface area contributed by atoms with Crippen molar-refractivity contribution in [3.63, 3.8) is 0 Å². The minimum Gasteiger partial charge on any atom is -0.462 e. The predicted octanol–water partition coefficient (Wildman–Crippen LogP) is 2.57. The third-order valence-electron chi connectivity index (χ3n) is 1.48. The Kier molecular flexibility index (Phi) is 7.51. The zero-order valence-electron chi connectivity index (χ0n) is 7.91. The van der Waals surface area contributed by atoms with Gasteiger partial charge in [-0.25, -0.2) is 4.79 Å². The molecule has 0 aliphatic heterocycles. The van der Waals surface area contributed by atoms with Gasteiger partial charge in [0.05, 0.1) is 6.61 Å². The molecule has 74 valence electrons. The molecule has 0 bridgehead atoms. The summed E-state index contributed by atoms with van der Waals surface area (Å²) in [5, 5.41) is 0. The van der Waals surface area contributed by atoms with Crippen LogP contribution in [0.1, 0.15) is 26.2 Å². The van der Waals surface area contributed by atoms with Gasteiger partial charge in [-0.1, -0.05) is 6.58 Å². The maximum Gasteiger partial charge on any atom is 0.333 e. The molecule has 0 amide bonds. The molecule has 0 atom stereocenters. The van der Waals surface area contributed by atoms with Crippen LogP contribution in [0.25, 0.3) is 0 Å². The van der Waals surface area contributed by atoms with E-state index in [-0.39, 0.29) is 14.4 Å². The average molecular weight is 202 g/mol. The summed E-state index contributed by atoms with van der Waals surface area (Å²) in [6.07, 6.45) is 3.37. The lowest BCUT2D eigenvalue weighted by atomic mass is 10.3. The van der Waals surface area contributed by atoms with Crippen molar-refractivity contribution in [1.29, 1.82) is 0 Å². The van der Waals surface area contributed by atoms with E-state index in [9.17, 15) is 9.36 Å². The van der Waals surface area contributed by atoms with Crippen molar-refractivity contribution < 1.29 is 14.1 Å². The van der Waals surface area contributed by atoms with Crippen molar-refractivity contribution in [2.45, 2.75) is 26.2 Å². The molecule has 13 heavy (non-hydrogen) atoms. The van der Waals surface area contributed by atoms with E-state index in [4.69, 9.17) is 4.74 Å². The van der Waals surface area contributed by atoms with Gasteiger partial charge < -0.3 is 4.74 Å². The fourth-order valence-corrected chi connectivity index (χ4v) is 1.10. The lowest BCUT2D eigenvalue weighted by Crippen LogP contribution is -2.06. The highest BCUT2D eigenvalue weighted by atomic mass is 31.1. The molecule has 0 saturated carbocycles. The second-order valence-corrected chi connectivity index (χ2v) is 3.54. The number of esters is 1. The number of carbonyl (C=O) groups is 1. The van der Waals surface area contributed by atoms with E-state index in [1.54, 1.807) is 6.92 Å². The highest BCUT2D eigenvalue weighted by Crippen LogP contribution is 2.03. The minimum atomic E-state index is -0.332. The summed E-state index contributed by atoms with van der Waals surface area (Å²) >= 11 is 0. The maximum atomic E-state index is 10.9. The Labute approximate surface area is 80.4 Å². The molecule has 4 heteroatoms. The largest absolute Gasteiger partial charge is 0.462 e. The fourth-order valence-electron chi connectivity index (χ4n) is 0.743. The van der Waals surface area contributed by atoms with Crippen molar-refractivity contribution in [3.05, 3.63) is 12.2 Å². The highest BCUT2D eigenvalue weighted by molar-refractivity contribution is 7.23. The Morgan fingerprint density at radius 2 is 2.08 bits per heavy atom. The van der Waals surface area contributed by atoms with Crippen LogP contribution in [0.5, 0.6) is 0 Å². The van der Waals surface area contributed by atoms with Crippen molar-refractivity contribution in [2.75, 3.05) is 12.8 Å². The quantitative estimate of drug-likeness (QED) is 0.276. The van der Waals surface area contributed by atoms with Gasteiger partial charge in [0.25, 0.3) is 0 Å². The molecular formula is C9H15O3P. The first kappa shape index (κ1) is 12.3. The van der Waals surface area contributed by atoms with Gasteiger partial charge in [0.15, 0.2) is 8.46 Å². The van der Waals surface area contributed by atoms with E-state index in [0.29, 0.717) is 18.3 Å². The Morgan fingerprint density at radius 1 is 1.38 bits per heavy atom. The lowest BCUT2D eigenvalue weighted by molar-refractivity contribution is -0.139. The van der Waals surface area contributed by atoms with Gasteiger partial charge in [0.2, 0.25) is 0 Å². The van der Waals surface area contributed by atoms with Crippen molar-refractivity contribution in [2.24, 2.45) is 0 Å². The van der Waals surface area contributed by atoms with Crippen molar-refractivity contribution >= 4 is 14.4 Å². The number of rotatable bonds is 7. The predicted molar refractivity (Wildman–Crippen MR) is 52.1 cm³/mol. The van der Waals surface area contributed by atoms with Gasteiger partial charge in [-0.05, 0) is 26.2 Å². The second-order valence-electron chi connectivity index (χ2n) is 2.83. The van der Waals surface area contributed by atoms with Crippen molar-refractivity contribution in [3.8, 4) is 0 Å². The smallest absolute Gasteiger partial charge is 0.333 e. The molecule has 0 aromatic heterocycles. The molecule has 0 rings (SSSR count). The molecule has 3 nitrogen and oxygen atoms in total. The standard InChI is InChI=1S/C9H15O3P/c1-8(2)9(10)12-6-4-3-5-7-13-11/h1,3-7H2,2H3.